The third-order valence-corrected chi connectivity index (χ3v) is 3.61. The van der Waals surface area contributed by atoms with Crippen molar-refractivity contribution >= 4 is 11.6 Å². The molecule has 3 heteroatoms. The van der Waals surface area contributed by atoms with Crippen LogP contribution < -0.4 is 5.32 Å². The van der Waals surface area contributed by atoms with E-state index < -0.39 is 0 Å². The maximum atomic E-state index is 8.80. The van der Waals surface area contributed by atoms with Gasteiger partial charge < -0.3 is 5.32 Å². The van der Waals surface area contributed by atoms with E-state index in [4.69, 9.17) is 16.9 Å². The van der Waals surface area contributed by atoms with Crippen molar-refractivity contribution in [3.05, 3.63) is 69.7 Å². The fourth-order valence-corrected chi connectivity index (χ4v) is 2.24. The second-order valence-electron chi connectivity index (χ2n) is 4.69. The fraction of sp³-hybridized carbons (Fsp3) is 0.235. The molecule has 0 unspecified atom stereocenters. The minimum absolute atomic E-state index is 0.592. The lowest BCUT2D eigenvalue weighted by Gasteiger charge is -2.08. The van der Waals surface area contributed by atoms with E-state index >= 15 is 0 Å². The first kappa shape index (κ1) is 14.6. The van der Waals surface area contributed by atoms with Gasteiger partial charge in [0, 0.05) is 18.1 Å². The van der Waals surface area contributed by atoms with Crippen LogP contribution in [0.15, 0.2) is 42.5 Å². The quantitative estimate of drug-likeness (QED) is 0.898. The van der Waals surface area contributed by atoms with Gasteiger partial charge in [-0.1, -0.05) is 48.9 Å². The molecule has 0 spiro atoms. The summed E-state index contributed by atoms with van der Waals surface area (Å²) in [4.78, 5) is 0. The first-order valence-corrected chi connectivity index (χ1v) is 7.07. The maximum Gasteiger partial charge on any atom is 0.0992 e. The summed E-state index contributed by atoms with van der Waals surface area (Å²) in [7, 11) is 0. The van der Waals surface area contributed by atoms with E-state index in [1.165, 1.54) is 11.1 Å². The molecule has 0 radical (unpaired) electrons. The average Bonchev–Trinajstić information content (AvgIpc) is 2.49. The molecule has 2 aromatic carbocycles. The molecule has 20 heavy (non-hydrogen) atoms. The minimum Gasteiger partial charge on any atom is -0.309 e. The molecule has 102 valence electrons. The normalized spacial score (nSPS) is 10.2. The highest BCUT2D eigenvalue weighted by Crippen LogP contribution is 2.17. The molecule has 0 aromatic heterocycles. The van der Waals surface area contributed by atoms with Crippen LogP contribution in [-0.2, 0) is 19.5 Å². The zero-order valence-corrected chi connectivity index (χ0v) is 12.2. The van der Waals surface area contributed by atoms with Gasteiger partial charge in [-0.2, -0.15) is 5.26 Å². The monoisotopic (exact) mass is 284 g/mol. The fourth-order valence-electron chi connectivity index (χ4n) is 1.99. The van der Waals surface area contributed by atoms with Crippen molar-refractivity contribution in [2.45, 2.75) is 26.4 Å². The van der Waals surface area contributed by atoms with Crippen molar-refractivity contribution in [2.75, 3.05) is 0 Å². The Labute approximate surface area is 125 Å². The molecule has 0 saturated carbocycles. The predicted molar refractivity (Wildman–Crippen MR) is 82.5 cm³/mol. The van der Waals surface area contributed by atoms with Gasteiger partial charge >= 0.3 is 0 Å². The number of benzene rings is 2. The van der Waals surface area contributed by atoms with Crippen molar-refractivity contribution in [3.8, 4) is 6.07 Å². The minimum atomic E-state index is 0.592. The molecule has 0 amide bonds. The van der Waals surface area contributed by atoms with Crippen LogP contribution in [0.2, 0.25) is 5.02 Å². The van der Waals surface area contributed by atoms with Crippen LogP contribution in [0.1, 0.15) is 29.2 Å². The zero-order chi connectivity index (χ0) is 14.4. The summed E-state index contributed by atoms with van der Waals surface area (Å²) in [5, 5.41) is 12.8. The van der Waals surface area contributed by atoms with Gasteiger partial charge in [0.05, 0.1) is 11.6 Å². The molecule has 0 fully saturated rings. The molecule has 0 aliphatic rings. The van der Waals surface area contributed by atoms with E-state index in [1.807, 2.05) is 6.07 Å². The van der Waals surface area contributed by atoms with E-state index in [0.29, 0.717) is 17.1 Å². The standard InChI is InChI=1S/C17H17ClN2/c1-2-13-3-5-14(6-4-13)11-20-12-16-8-7-15(10-19)9-17(16)18/h3-9,20H,2,11-12H2,1H3. The van der Waals surface area contributed by atoms with Gasteiger partial charge in [0.2, 0.25) is 0 Å². The van der Waals surface area contributed by atoms with E-state index in [1.54, 1.807) is 12.1 Å². The van der Waals surface area contributed by atoms with Crippen molar-refractivity contribution in [1.82, 2.24) is 5.32 Å². The molecule has 0 atom stereocenters. The Bertz CT molecular complexity index is 612. The Balaban J connectivity index is 1.91. The molecule has 0 bridgehead atoms. The van der Waals surface area contributed by atoms with Gasteiger partial charge in [0.25, 0.3) is 0 Å². The summed E-state index contributed by atoms with van der Waals surface area (Å²) < 4.78 is 0. The first-order chi connectivity index (χ1) is 9.72. The second-order valence-corrected chi connectivity index (χ2v) is 5.10. The highest BCUT2D eigenvalue weighted by Gasteiger charge is 2.01. The van der Waals surface area contributed by atoms with Crippen LogP contribution in [0.5, 0.6) is 0 Å². The van der Waals surface area contributed by atoms with Gasteiger partial charge in [-0.15, -0.1) is 0 Å². The molecule has 1 N–H and O–H groups in total. The van der Waals surface area contributed by atoms with E-state index in [-0.39, 0.29) is 0 Å². The molecule has 0 saturated heterocycles. The number of halogens is 1. The first-order valence-electron chi connectivity index (χ1n) is 6.70. The smallest absolute Gasteiger partial charge is 0.0992 e. The van der Waals surface area contributed by atoms with Crippen LogP contribution >= 0.6 is 11.6 Å². The van der Waals surface area contributed by atoms with Gasteiger partial charge in [0.1, 0.15) is 0 Å². The van der Waals surface area contributed by atoms with Crippen LogP contribution in [-0.4, -0.2) is 0 Å². The Morgan fingerprint density at radius 3 is 2.35 bits per heavy atom. The Kier molecular flexibility index (Phi) is 5.17. The van der Waals surface area contributed by atoms with Gasteiger partial charge in [-0.3, -0.25) is 0 Å². The van der Waals surface area contributed by atoms with E-state index in [2.05, 4.69) is 42.6 Å². The van der Waals surface area contributed by atoms with Crippen molar-refractivity contribution in [2.24, 2.45) is 0 Å². The Morgan fingerprint density at radius 2 is 1.75 bits per heavy atom. The topological polar surface area (TPSA) is 35.8 Å². The SMILES string of the molecule is CCc1ccc(CNCc2ccc(C#N)cc2Cl)cc1. The Hall–Kier alpha value is -1.82. The number of hydrogen-bond acceptors (Lipinski definition) is 2. The van der Waals surface area contributed by atoms with Gasteiger partial charge in [-0.05, 0) is 35.2 Å². The lowest BCUT2D eigenvalue weighted by molar-refractivity contribution is 0.693. The largest absolute Gasteiger partial charge is 0.309 e. The highest BCUT2D eigenvalue weighted by atomic mass is 35.5. The zero-order valence-electron chi connectivity index (χ0n) is 11.5. The summed E-state index contributed by atoms with van der Waals surface area (Å²) in [6.45, 7) is 3.65. The van der Waals surface area contributed by atoms with Gasteiger partial charge in [-0.25, -0.2) is 0 Å². The number of rotatable bonds is 5. The van der Waals surface area contributed by atoms with E-state index in [9.17, 15) is 0 Å². The third kappa shape index (κ3) is 3.84. The van der Waals surface area contributed by atoms with Crippen LogP contribution in [0.25, 0.3) is 0 Å². The maximum absolute atomic E-state index is 8.80. The number of aryl methyl sites for hydroxylation is 1. The van der Waals surface area contributed by atoms with E-state index in [0.717, 1.165) is 18.5 Å². The van der Waals surface area contributed by atoms with Crippen LogP contribution in [0, 0.1) is 11.3 Å². The third-order valence-electron chi connectivity index (χ3n) is 3.26. The highest BCUT2D eigenvalue weighted by molar-refractivity contribution is 6.31. The summed E-state index contributed by atoms with van der Waals surface area (Å²) >= 11 is 6.14. The van der Waals surface area contributed by atoms with Crippen LogP contribution in [0.3, 0.4) is 0 Å². The summed E-state index contributed by atoms with van der Waals surface area (Å²) in [5.41, 5.74) is 4.21. The predicted octanol–water partition coefficient (Wildman–Crippen LogP) is 4.06. The molecule has 2 aromatic rings. The number of nitriles is 1. The Morgan fingerprint density at radius 1 is 1.05 bits per heavy atom. The number of nitrogens with one attached hydrogen (secondary N) is 1. The summed E-state index contributed by atoms with van der Waals surface area (Å²) in [6.07, 6.45) is 1.06. The molecule has 0 aliphatic heterocycles. The van der Waals surface area contributed by atoms with Gasteiger partial charge in [0.15, 0.2) is 0 Å². The molecular formula is C17H17ClN2. The molecule has 0 heterocycles. The lowest BCUT2D eigenvalue weighted by Crippen LogP contribution is -2.13. The molecule has 0 aliphatic carbocycles. The molecule has 2 nitrogen and oxygen atoms in total. The lowest BCUT2D eigenvalue weighted by atomic mass is 10.1. The number of nitrogens with zero attached hydrogens (tertiary/aromatic N) is 1. The second kappa shape index (κ2) is 7.09. The van der Waals surface area contributed by atoms with Crippen molar-refractivity contribution < 1.29 is 0 Å². The molecule has 2 rings (SSSR count). The average molecular weight is 285 g/mol. The summed E-state index contributed by atoms with van der Waals surface area (Å²) in [6, 6.07) is 16.1. The van der Waals surface area contributed by atoms with Crippen LogP contribution in [0.4, 0.5) is 0 Å². The molecular weight excluding hydrogens is 268 g/mol. The van der Waals surface area contributed by atoms with Crippen molar-refractivity contribution in [3.63, 3.8) is 0 Å². The van der Waals surface area contributed by atoms with Crippen molar-refractivity contribution in [1.29, 1.82) is 5.26 Å². The number of hydrogen-bond donors (Lipinski definition) is 1. The summed E-state index contributed by atoms with van der Waals surface area (Å²) in [5.74, 6) is 0.